The van der Waals surface area contributed by atoms with Gasteiger partial charge in [-0.3, -0.25) is 4.79 Å². The second-order valence-electron chi connectivity index (χ2n) is 5.40. The third kappa shape index (κ3) is 2.99. The molecule has 8 heteroatoms. The molecule has 6 nitrogen and oxygen atoms in total. The lowest BCUT2D eigenvalue weighted by molar-refractivity contribution is 0.313. The third-order valence-corrected chi connectivity index (χ3v) is 7.14. The van der Waals surface area contributed by atoms with E-state index < -0.39 is 10.0 Å². The summed E-state index contributed by atoms with van der Waals surface area (Å²) in [5, 5.41) is 0. The molecule has 1 fully saturated rings. The Hall–Kier alpha value is -1.51. The van der Waals surface area contributed by atoms with E-state index in [0.29, 0.717) is 23.0 Å². The molecule has 22 heavy (non-hydrogen) atoms. The van der Waals surface area contributed by atoms with Crippen LogP contribution in [-0.4, -0.2) is 35.8 Å². The molecular weight excluding hydrogens is 322 g/mol. The zero-order valence-corrected chi connectivity index (χ0v) is 13.8. The van der Waals surface area contributed by atoms with Gasteiger partial charge in [-0.25, -0.2) is 13.4 Å². The maximum absolute atomic E-state index is 12.7. The van der Waals surface area contributed by atoms with Crippen molar-refractivity contribution < 1.29 is 8.42 Å². The van der Waals surface area contributed by atoms with E-state index in [4.69, 9.17) is 0 Å². The van der Waals surface area contributed by atoms with Gasteiger partial charge < -0.3 is 4.98 Å². The largest absolute Gasteiger partial charge is 0.313 e. The molecule has 1 aliphatic rings. The Morgan fingerprint density at radius 3 is 2.91 bits per heavy atom. The molecule has 0 aromatic carbocycles. The van der Waals surface area contributed by atoms with Gasteiger partial charge in [0, 0.05) is 30.0 Å². The topological polar surface area (TPSA) is 83.1 Å². The lowest BCUT2D eigenvalue weighted by Crippen LogP contribution is -2.39. The van der Waals surface area contributed by atoms with Crippen molar-refractivity contribution in [1.29, 1.82) is 0 Å². The first-order chi connectivity index (χ1) is 10.5. The highest BCUT2D eigenvalue weighted by molar-refractivity contribution is 7.91. The summed E-state index contributed by atoms with van der Waals surface area (Å²) >= 11 is 1.29. The molecule has 0 unspecified atom stereocenters. The molecule has 0 spiro atoms. The van der Waals surface area contributed by atoms with Crippen LogP contribution in [0.2, 0.25) is 0 Å². The van der Waals surface area contributed by atoms with E-state index in [1.807, 2.05) is 13.0 Å². The third-order valence-electron chi connectivity index (χ3n) is 3.81. The van der Waals surface area contributed by atoms with Crippen molar-refractivity contribution in [3.05, 3.63) is 45.5 Å². The number of piperidine rings is 1. The van der Waals surface area contributed by atoms with E-state index in [1.54, 1.807) is 6.07 Å². The SMILES string of the molecule is Cc1ccc(S(=O)(=O)N2CCC[C@H](c3cc(=O)[nH]cn3)C2)s1. The van der Waals surface area contributed by atoms with Crippen molar-refractivity contribution in [3.8, 4) is 0 Å². The Bertz CT molecular complexity index is 826. The zero-order valence-electron chi connectivity index (χ0n) is 12.2. The molecule has 1 atom stereocenters. The number of aromatic nitrogens is 2. The summed E-state index contributed by atoms with van der Waals surface area (Å²) < 4.78 is 27.3. The van der Waals surface area contributed by atoms with Gasteiger partial charge in [-0.15, -0.1) is 11.3 Å². The fourth-order valence-electron chi connectivity index (χ4n) is 2.69. The van der Waals surface area contributed by atoms with E-state index >= 15 is 0 Å². The molecule has 0 amide bonds. The Kier molecular flexibility index (Phi) is 4.16. The highest BCUT2D eigenvalue weighted by Crippen LogP contribution is 2.31. The molecule has 0 saturated carbocycles. The van der Waals surface area contributed by atoms with Gasteiger partial charge in [0.05, 0.1) is 12.0 Å². The van der Waals surface area contributed by atoms with Crippen LogP contribution < -0.4 is 5.56 Å². The summed E-state index contributed by atoms with van der Waals surface area (Å²) in [6, 6.07) is 4.93. The van der Waals surface area contributed by atoms with Gasteiger partial charge in [0.1, 0.15) is 4.21 Å². The minimum atomic E-state index is -3.45. The number of thiophene rings is 1. The van der Waals surface area contributed by atoms with Crippen LogP contribution in [0.1, 0.15) is 29.3 Å². The van der Waals surface area contributed by atoms with Crippen molar-refractivity contribution >= 4 is 21.4 Å². The van der Waals surface area contributed by atoms with E-state index in [1.165, 1.54) is 28.0 Å². The fourth-order valence-corrected chi connectivity index (χ4v) is 5.65. The van der Waals surface area contributed by atoms with Crippen LogP contribution in [0.4, 0.5) is 0 Å². The quantitative estimate of drug-likeness (QED) is 0.923. The van der Waals surface area contributed by atoms with Crippen LogP contribution >= 0.6 is 11.3 Å². The summed E-state index contributed by atoms with van der Waals surface area (Å²) in [5.74, 6) is -0.0353. The van der Waals surface area contributed by atoms with Crippen molar-refractivity contribution in [2.45, 2.75) is 29.9 Å². The maximum atomic E-state index is 12.7. The summed E-state index contributed by atoms with van der Waals surface area (Å²) in [5.41, 5.74) is 0.449. The van der Waals surface area contributed by atoms with E-state index in [9.17, 15) is 13.2 Å². The minimum Gasteiger partial charge on any atom is -0.313 e. The Balaban J connectivity index is 1.85. The predicted molar refractivity (Wildman–Crippen MR) is 84.6 cm³/mol. The smallest absolute Gasteiger partial charge is 0.252 e. The van der Waals surface area contributed by atoms with Crippen LogP contribution in [-0.2, 0) is 10.0 Å². The van der Waals surface area contributed by atoms with Crippen molar-refractivity contribution in [2.75, 3.05) is 13.1 Å². The average molecular weight is 339 g/mol. The van der Waals surface area contributed by atoms with Gasteiger partial charge in [0.2, 0.25) is 0 Å². The van der Waals surface area contributed by atoms with Crippen LogP contribution in [0.15, 0.2) is 33.5 Å². The van der Waals surface area contributed by atoms with Crippen molar-refractivity contribution in [3.63, 3.8) is 0 Å². The Labute approximate surface area is 132 Å². The molecule has 1 saturated heterocycles. The summed E-state index contributed by atoms with van der Waals surface area (Å²) in [6.45, 7) is 2.78. The van der Waals surface area contributed by atoms with Crippen LogP contribution in [0.3, 0.4) is 0 Å². The standard InChI is InChI=1S/C14H17N3O3S2/c1-10-4-5-14(21-10)22(19,20)17-6-2-3-11(8-17)12-7-13(18)16-9-15-12/h4-5,7,9,11H,2-3,6,8H2,1H3,(H,15,16,18)/t11-/m0/s1. The number of nitrogens with one attached hydrogen (secondary N) is 1. The molecule has 0 bridgehead atoms. The first-order valence-electron chi connectivity index (χ1n) is 7.08. The van der Waals surface area contributed by atoms with Crippen LogP contribution in [0.25, 0.3) is 0 Å². The number of aromatic amines is 1. The molecule has 3 rings (SSSR count). The van der Waals surface area contributed by atoms with Crippen molar-refractivity contribution in [1.82, 2.24) is 14.3 Å². The highest BCUT2D eigenvalue weighted by atomic mass is 32.2. The number of sulfonamides is 1. The number of nitrogens with zero attached hydrogens (tertiary/aromatic N) is 2. The average Bonchev–Trinajstić information content (AvgIpc) is 2.95. The molecule has 2 aromatic rings. The van der Waals surface area contributed by atoms with E-state index in [-0.39, 0.29) is 11.5 Å². The molecule has 0 aliphatic carbocycles. The zero-order chi connectivity index (χ0) is 15.7. The van der Waals surface area contributed by atoms with Crippen molar-refractivity contribution in [2.24, 2.45) is 0 Å². The van der Waals surface area contributed by atoms with Gasteiger partial charge in [-0.1, -0.05) is 0 Å². The van der Waals surface area contributed by atoms with Gasteiger partial charge in [0.15, 0.2) is 0 Å². The molecule has 118 valence electrons. The van der Waals surface area contributed by atoms with Gasteiger partial charge in [-0.2, -0.15) is 4.31 Å². The van der Waals surface area contributed by atoms with Gasteiger partial charge >= 0.3 is 0 Å². The van der Waals surface area contributed by atoms with Crippen LogP contribution in [0, 0.1) is 6.92 Å². The van der Waals surface area contributed by atoms with E-state index in [2.05, 4.69) is 9.97 Å². The second-order valence-corrected chi connectivity index (χ2v) is 8.86. The second kappa shape index (κ2) is 5.94. The van der Waals surface area contributed by atoms with Crippen LogP contribution in [0.5, 0.6) is 0 Å². The summed E-state index contributed by atoms with van der Waals surface area (Å²) in [4.78, 5) is 19.1. The molecule has 3 heterocycles. The molecule has 2 aromatic heterocycles. The molecule has 1 aliphatic heterocycles. The fraction of sp³-hybridized carbons (Fsp3) is 0.429. The number of hydrogen-bond donors (Lipinski definition) is 1. The minimum absolute atomic E-state index is 0.0353. The number of rotatable bonds is 3. The highest BCUT2D eigenvalue weighted by Gasteiger charge is 2.32. The van der Waals surface area contributed by atoms with E-state index in [0.717, 1.165) is 17.7 Å². The number of aryl methyl sites for hydroxylation is 1. The Morgan fingerprint density at radius 2 is 2.23 bits per heavy atom. The Morgan fingerprint density at radius 1 is 1.41 bits per heavy atom. The summed E-state index contributed by atoms with van der Waals surface area (Å²) in [7, 11) is -3.45. The van der Waals surface area contributed by atoms with Gasteiger partial charge in [0.25, 0.3) is 15.6 Å². The summed E-state index contributed by atoms with van der Waals surface area (Å²) in [6.07, 6.45) is 2.97. The van der Waals surface area contributed by atoms with Gasteiger partial charge in [-0.05, 0) is 31.9 Å². The first-order valence-corrected chi connectivity index (χ1v) is 9.34. The lowest BCUT2D eigenvalue weighted by atomic mass is 9.96. The monoisotopic (exact) mass is 339 g/mol. The number of H-pyrrole nitrogens is 1. The predicted octanol–water partition coefficient (Wildman–Crippen LogP) is 1.71. The number of hydrogen-bond acceptors (Lipinski definition) is 5. The lowest BCUT2D eigenvalue weighted by Gasteiger charge is -2.31. The molecular formula is C14H17N3O3S2. The normalized spacial score (nSPS) is 20.1. The molecule has 1 N–H and O–H groups in total. The maximum Gasteiger partial charge on any atom is 0.252 e. The molecule has 0 radical (unpaired) electrons. The first kappa shape index (κ1) is 15.4.